The molecule has 3 saturated heterocycles. The van der Waals surface area contributed by atoms with E-state index < -0.39 is 0 Å². The summed E-state index contributed by atoms with van der Waals surface area (Å²) < 4.78 is 0. The van der Waals surface area contributed by atoms with Crippen molar-refractivity contribution in [2.75, 3.05) is 26.2 Å². The SMILES string of the molecule is NCCC1CCCCN1C1CCN2CCCCC12. The van der Waals surface area contributed by atoms with Crippen molar-refractivity contribution < 1.29 is 0 Å². The van der Waals surface area contributed by atoms with Crippen LogP contribution >= 0.6 is 0 Å². The Morgan fingerprint density at radius 2 is 1.67 bits per heavy atom. The van der Waals surface area contributed by atoms with E-state index in [0.29, 0.717) is 0 Å². The maximum absolute atomic E-state index is 5.81. The molecule has 3 aliphatic rings. The van der Waals surface area contributed by atoms with E-state index in [4.69, 9.17) is 5.73 Å². The molecule has 0 aromatic rings. The first-order valence-electron chi connectivity index (χ1n) is 8.10. The van der Waals surface area contributed by atoms with Gasteiger partial charge >= 0.3 is 0 Å². The molecule has 0 amide bonds. The van der Waals surface area contributed by atoms with Gasteiger partial charge in [-0.15, -0.1) is 0 Å². The summed E-state index contributed by atoms with van der Waals surface area (Å²) in [6.45, 7) is 4.90. The Bertz CT molecular complexity index is 266. The first-order valence-corrected chi connectivity index (χ1v) is 8.10. The topological polar surface area (TPSA) is 32.5 Å². The molecule has 104 valence electrons. The van der Waals surface area contributed by atoms with Crippen LogP contribution in [0.25, 0.3) is 0 Å². The number of nitrogens with two attached hydrogens (primary N) is 1. The highest BCUT2D eigenvalue weighted by Gasteiger charge is 2.41. The van der Waals surface area contributed by atoms with E-state index in [1.807, 2.05) is 0 Å². The van der Waals surface area contributed by atoms with Gasteiger partial charge < -0.3 is 5.73 Å². The van der Waals surface area contributed by atoms with Gasteiger partial charge in [-0.1, -0.05) is 12.8 Å². The molecule has 0 radical (unpaired) electrons. The van der Waals surface area contributed by atoms with Crippen LogP contribution in [0.2, 0.25) is 0 Å². The van der Waals surface area contributed by atoms with E-state index in [-0.39, 0.29) is 0 Å². The van der Waals surface area contributed by atoms with E-state index in [9.17, 15) is 0 Å². The minimum Gasteiger partial charge on any atom is -0.330 e. The normalized spacial score (nSPS) is 38.8. The number of rotatable bonds is 3. The Balaban J connectivity index is 1.68. The summed E-state index contributed by atoms with van der Waals surface area (Å²) in [6, 6.07) is 2.51. The van der Waals surface area contributed by atoms with Crippen molar-refractivity contribution in [1.82, 2.24) is 9.80 Å². The monoisotopic (exact) mass is 251 g/mol. The van der Waals surface area contributed by atoms with E-state index in [1.165, 1.54) is 71.0 Å². The second kappa shape index (κ2) is 5.89. The van der Waals surface area contributed by atoms with Gasteiger partial charge in [0.2, 0.25) is 0 Å². The lowest BCUT2D eigenvalue weighted by Gasteiger charge is -2.44. The Hall–Kier alpha value is -0.120. The average molecular weight is 251 g/mol. The van der Waals surface area contributed by atoms with Crippen LogP contribution in [-0.2, 0) is 0 Å². The standard InChI is InChI=1S/C15H29N3/c16-9-7-13-5-1-4-11-18(13)15-8-12-17-10-3-2-6-14(15)17/h13-15H,1-12,16H2. The number of likely N-dealkylation sites (tertiary alicyclic amines) is 1. The Kier molecular flexibility index (Phi) is 4.22. The van der Waals surface area contributed by atoms with Gasteiger partial charge in [0.15, 0.2) is 0 Å². The van der Waals surface area contributed by atoms with Gasteiger partial charge in [-0.25, -0.2) is 0 Å². The maximum atomic E-state index is 5.81. The smallest absolute Gasteiger partial charge is 0.0266 e. The second-order valence-electron chi connectivity index (χ2n) is 6.42. The minimum atomic E-state index is 0.788. The predicted octanol–water partition coefficient (Wildman–Crippen LogP) is 1.82. The average Bonchev–Trinajstić information content (AvgIpc) is 2.84. The van der Waals surface area contributed by atoms with Gasteiger partial charge in [-0.2, -0.15) is 0 Å². The third-order valence-corrected chi connectivity index (χ3v) is 5.42. The molecule has 2 N–H and O–H groups in total. The third-order valence-electron chi connectivity index (χ3n) is 5.42. The van der Waals surface area contributed by atoms with E-state index >= 15 is 0 Å². The zero-order chi connectivity index (χ0) is 12.4. The summed E-state index contributed by atoms with van der Waals surface area (Å²) in [7, 11) is 0. The fourth-order valence-corrected chi connectivity index (χ4v) is 4.57. The lowest BCUT2D eigenvalue weighted by Crippen LogP contribution is -2.53. The molecule has 3 heteroatoms. The second-order valence-corrected chi connectivity index (χ2v) is 6.42. The fourth-order valence-electron chi connectivity index (χ4n) is 4.57. The van der Waals surface area contributed by atoms with Gasteiger partial charge in [0.05, 0.1) is 0 Å². The zero-order valence-electron chi connectivity index (χ0n) is 11.7. The summed E-state index contributed by atoms with van der Waals surface area (Å²) >= 11 is 0. The van der Waals surface area contributed by atoms with Crippen LogP contribution < -0.4 is 5.73 Å². The molecule has 3 heterocycles. The lowest BCUT2D eigenvalue weighted by molar-refractivity contribution is 0.0548. The van der Waals surface area contributed by atoms with Crippen LogP contribution in [-0.4, -0.2) is 54.1 Å². The van der Waals surface area contributed by atoms with E-state index in [0.717, 1.165) is 24.7 Å². The van der Waals surface area contributed by atoms with Gasteiger partial charge in [0.1, 0.15) is 0 Å². The number of hydrogen-bond donors (Lipinski definition) is 1. The third kappa shape index (κ3) is 2.45. The number of nitrogens with zero attached hydrogens (tertiary/aromatic N) is 2. The lowest BCUT2D eigenvalue weighted by atomic mass is 9.92. The molecule has 0 spiro atoms. The van der Waals surface area contributed by atoms with Gasteiger partial charge in [0.25, 0.3) is 0 Å². The summed E-state index contributed by atoms with van der Waals surface area (Å²) in [6.07, 6.45) is 11.2. The number of fused-ring (bicyclic) bond motifs is 1. The molecule has 3 atom stereocenters. The molecule has 3 aliphatic heterocycles. The van der Waals surface area contributed by atoms with Crippen molar-refractivity contribution in [1.29, 1.82) is 0 Å². The molecule has 0 bridgehead atoms. The fraction of sp³-hybridized carbons (Fsp3) is 1.00. The summed E-state index contributed by atoms with van der Waals surface area (Å²) in [5.41, 5.74) is 5.81. The first kappa shape index (κ1) is 12.9. The number of piperidine rings is 2. The van der Waals surface area contributed by atoms with Crippen molar-refractivity contribution in [3.63, 3.8) is 0 Å². The van der Waals surface area contributed by atoms with Crippen LogP contribution in [0.15, 0.2) is 0 Å². The highest BCUT2D eigenvalue weighted by molar-refractivity contribution is 4.97. The number of hydrogen-bond acceptors (Lipinski definition) is 3. The van der Waals surface area contributed by atoms with Crippen molar-refractivity contribution in [3.05, 3.63) is 0 Å². The van der Waals surface area contributed by atoms with Crippen LogP contribution in [0.3, 0.4) is 0 Å². The Morgan fingerprint density at radius 1 is 0.833 bits per heavy atom. The quantitative estimate of drug-likeness (QED) is 0.830. The molecule has 3 fully saturated rings. The van der Waals surface area contributed by atoms with Gasteiger partial charge in [-0.05, 0) is 58.2 Å². The summed E-state index contributed by atoms with van der Waals surface area (Å²) in [5, 5.41) is 0. The first-order chi connectivity index (χ1) is 8.90. The molecule has 0 aromatic carbocycles. The van der Waals surface area contributed by atoms with Crippen molar-refractivity contribution in [2.24, 2.45) is 5.73 Å². The van der Waals surface area contributed by atoms with Crippen molar-refractivity contribution in [2.45, 2.75) is 69.5 Å². The molecule has 0 aromatic heterocycles. The minimum absolute atomic E-state index is 0.788. The predicted molar refractivity (Wildman–Crippen MR) is 75.6 cm³/mol. The maximum Gasteiger partial charge on any atom is 0.0266 e. The molecular weight excluding hydrogens is 222 g/mol. The van der Waals surface area contributed by atoms with Crippen LogP contribution in [0.5, 0.6) is 0 Å². The summed E-state index contributed by atoms with van der Waals surface area (Å²) in [4.78, 5) is 5.62. The van der Waals surface area contributed by atoms with E-state index in [1.54, 1.807) is 0 Å². The summed E-state index contributed by atoms with van der Waals surface area (Å²) in [5.74, 6) is 0. The highest BCUT2D eigenvalue weighted by atomic mass is 15.3. The molecule has 3 rings (SSSR count). The molecular formula is C15H29N3. The largest absolute Gasteiger partial charge is 0.330 e. The van der Waals surface area contributed by atoms with Crippen molar-refractivity contribution >= 4 is 0 Å². The molecule has 3 nitrogen and oxygen atoms in total. The van der Waals surface area contributed by atoms with E-state index in [2.05, 4.69) is 9.80 Å². The van der Waals surface area contributed by atoms with Gasteiger partial charge in [-0.3, -0.25) is 9.80 Å². The molecule has 0 aliphatic carbocycles. The Labute approximate surface area is 112 Å². The van der Waals surface area contributed by atoms with Crippen LogP contribution in [0.4, 0.5) is 0 Å². The Morgan fingerprint density at radius 3 is 2.56 bits per heavy atom. The van der Waals surface area contributed by atoms with Crippen LogP contribution in [0.1, 0.15) is 51.4 Å². The molecule has 0 saturated carbocycles. The van der Waals surface area contributed by atoms with Crippen LogP contribution in [0, 0.1) is 0 Å². The van der Waals surface area contributed by atoms with Crippen molar-refractivity contribution in [3.8, 4) is 0 Å². The highest BCUT2D eigenvalue weighted by Crippen LogP contribution is 2.34. The molecule has 18 heavy (non-hydrogen) atoms. The zero-order valence-corrected chi connectivity index (χ0v) is 11.7. The van der Waals surface area contributed by atoms with Gasteiger partial charge in [0, 0.05) is 24.7 Å². The molecule has 3 unspecified atom stereocenters.